The van der Waals surface area contributed by atoms with E-state index in [0.717, 1.165) is 11.1 Å². The third-order valence-corrected chi connectivity index (χ3v) is 2.53. The summed E-state index contributed by atoms with van der Waals surface area (Å²) in [4.78, 5) is 25.7. The average Bonchev–Trinajstić information content (AvgIpc) is 2.47. The van der Waals surface area contributed by atoms with Gasteiger partial charge in [-0.3, -0.25) is 14.6 Å². The van der Waals surface area contributed by atoms with E-state index in [0.29, 0.717) is 0 Å². The molecule has 2 aromatic rings. The van der Waals surface area contributed by atoms with E-state index in [-0.39, 0.29) is 6.54 Å². The van der Waals surface area contributed by atoms with Crippen molar-refractivity contribution in [2.75, 3.05) is 6.54 Å². The van der Waals surface area contributed by atoms with Gasteiger partial charge in [-0.15, -0.1) is 0 Å². The molecule has 0 aliphatic carbocycles. The molecule has 7 heteroatoms. The molecule has 0 fully saturated rings. The Balaban J connectivity index is 1.98. The number of rotatable bonds is 5. The van der Waals surface area contributed by atoms with Crippen LogP contribution in [0.15, 0.2) is 43.0 Å². The molecule has 1 amide bonds. The van der Waals surface area contributed by atoms with Crippen molar-refractivity contribution in [3.8, 4) is 11.1 Å². The molecule has 0 saturated heterocycles. The Bertz CT molecular complexity index is 599. The fraction of sp³-hybridized carbons (Fsp3) is 0.154. The van der Waals surface area contributed by atoms with Crippen LogP contribution in [-0.4, -0.2) is 33.6 Å². The van der Waals surface area contributed by atoms with Crippen LogP contribution in [0.1, 0.15) is 0 Å². The maximum absolute atomic E-state index is 11.4. The Morgan fingerprint density at radius 1 is 1.20 bits per heavy atom. The fourth-order valence-electron chi connectivity index (χ4n) is 1.57. The van der Waals surface area contributed by atoms with Crippen LogP contribution in [0.5, 0.6) is 0 Å². The Hall–Kier alpha value is -2.83. The monoisotopic (exact) mass is 273 g/mol. The van der Waals surface area contributed by atoms with Crippen molar-refractivity contribution in [3.05, 3.63) is 43.0 Å². The first kappa shape index (κ1) is 13.6. The maximum Gasteiger partial charge on any atom is 0.322 e. The Kier molecular flexibility index (Phi) is 4.33. The molecular weight excluding hydrogens is 260 g/mol. The van der Waals surface area contributed by atoms with Crippen molar-refractivity contribution in [3.63, 3.8) is 0 Å². The topological polar surface area (TPSA) is 96.1 Å². The molecule has 2 heterocycles. The van der Waals surface area contributed by atoms with Gasteiger partial charge >= 0.3 is 5.97 Å². The second-order valence-electron chi connectivity index (χ2n) is 4.02. The molecule has 0 bridgehead atoms. The molecule has 102 valence electrons. The lowest BCUT2D eigenvalue weighted by molar-refractivity contribution is -0.742. The van der Waals surface area contributed by atoms with Gasteiger partial charge in [0.15, 0.2) is 6.20 Å². The van der Waals surface area contributed by atoms with Crippen molar-refractivity contribution < 1.29 is 19.4 Å². The summed E-state index contributed by atoms with van der Waals surface area (Å²) >= 11 is 0. The lowest BCUT2D eigenvalue weighted by Crippen LogP contribution is -2.46. The van der Waals surface area contributed by atoms with E-state index < -0.39 is 18.4 Å². The van der Waals surface area contributed by atoms with E-state index in [4.69, 9.17) is 5.11 Å². The molecule has 2 N–H and O–H groups in total. The van der Waals surface area contributed by atoms with Gasteiger partial charge in [0.25, 0.3) is 12.5 Å². The second-order valence-corrected chi connectivity index (χ2v) is 4.02. The van der Waals surface area contributed by atoms with Crippen LogP contribution in [0, 0.1) is 0 Å². The first-order valence-corrected chi connectivity index (χ1v) is 5.90. The van der Waals surface area contributed by atoms with E-state index in [9.17, 15) is 9.59 Å². The van der Waals surface area contributed by atoms with Crippen LogP contribution >= 0.6 is 0 Å². The maximum atomic E-state index is 11.4. The number of amides is 1. The van der Waals surface area contributed by atoms with Gasteiger partial charge in [-0.2, -0.15) is 0 Å². The number of hydrogen-bond acceptors (Lipinski definition) is 4. The highest BCUT2D eigenvalue weighted by Gasteiger charge is 2.12. The summed E-state index contributed by atoms with van der Waals surface area (Å²) in [5, 5.41) is 14.8. The van der Waals surface area contributed by atoms with Gasteiger partial charge in [0, 0.05) is 24.0 Å². The van der Waals surface area contributed by atoms with E-state index in [1.165, 1.54) is 4.68 Å². The highest BCUT2D eigenvalue weighted by molar-refractivity contribution is 5.80. The molecule has 0 atom stereocenters. The fourth-order valence-corrected chi connectivity index (χ4v) is 1.57. The normalized spacial score (nSPS) is 10.0. The molecule has 0 saturated carbocycles. The van der Waals surface area contributed by atoms with Crippen LogP contribution in [-0.2, 0) is 16.1 Å². The minimum absolute atomic E-state index is 0.0239. The number of aliphatic carboxylic acids is 1. The van der Waals surface area contributed by atoms with E-state index in [2.05, 4.69) is 15.4 Å². The SMILES string of the molecule is O=C(O)CNC(=O)C[n+]1ccc(-c2ccncc2)cn1. The molecule has 2 rings (SSSR count). The van der Waals surface area contributed by atoms with E-state index >= 15 is 0 Å². The Morgan fingerprint density at radius 2 is 1.95 bits per heavy atom. The van der Waals surface area contributed by atoms with Gasteiger partial charge in [0.1, 0.15) is 12.7 Å². The van der Waals surface area contributed by atoms with Crippen molar-refractivity contribution in [2.24, 2.45) is 0 Å². The second kappa shape index (κ2) is 6.37. The lowest BCUT2D eigenvalue weighted by atomic mass is 10.1. The third-order valence-electron chi connectivity index (χ3n) is 2.53. The zero-order chi connectivity index (χ0) is 14.4. The van der Waals surface area contributed by atoms with Crippen molar-refractivity contribution in [1.29, 1.82) is 0 Å². The lowest BCUT2D eigenvalue weighted by Gasteiger charge is -2.00. The molecule has 0 unspecified atom stereocenters. The van der Waals surface area contributed by atoms with Gasteiger partial charge in [-0.05, 0) is 22.8 Å². The number of nitrogens with zero attached hydrogens (tertiary/aromatic N) is 3. The summed E-state index contributed by atoms with van der Waals surface area (Å²) in [6.45, 7) is -0.418. The summed E-state index contributed by atoms with van der Waals surface area (Å²) in [6.07, 6.45) is 6.68. The van der Waals surface area contributed by atoms with E-state index in [1.54, 1.807) is 24.8 Å². The minimum atomic E-state index is -1.08. The van der Waals surface area contributed by atoms with Crippen LogP contribution in [0.2, 0.25) is 0 Å². The molecule has 2 aromatic heterocycles. The predicted octanol–water partition coefficient (Wildman–Crippen LogP) is -0.368. The Labute approximate surface area is 114 Å². The van der Waals surface area contributed by atoms with Gasteiger partial charge < -0.3 is 10.4 Å². The molecule has 20 heavy (non-hydrogen) atoms. The largest absolute Gasteiger partial charge is 0.480 e. The van der Waals surface area contributed by atoms with Crippen LogP contribution in [0.4, 0.5) is 0 Å². The van der Waals surface area contributed by atoms with Gasteiger partial charge in [-0.25, -0.2) is 0 Å². The number of carbonyl (C=O) groups is 2. The zero-order valence-corrected chi connectivity index (χ0v) is 10.6. The summed E-state index contributed by atoms with van der Waals surface area (Å²) in [7, 11) is 0. The molecule has 0 radical (unpaired) electrons. The number of carboxylic acids is 1. The van der Waals surface area contributed by atoms with Crippen molar-refractivity contribution in [1.82, 2.24) is 15.4 Å². The zero-order valence-electron chi connectivity index (χ0n) is 10.6. The number of aromatic nitrogens is 3. The van der Waals surface area contributed by atoms with Gasteiger partial charge in [0.2, 0.25) is 0 Å². The minimum Gasteiger partial charge on any atom is -0.480 e. The highest BCUT2D eigenvalue weighted by Crippen LogP contribution is 2.14. The van der Waals surface area contributed by atoms with Gasteiger partial charge in [-0.1, -0.05) is 4.68 Å². The third kappa shape index (κ3) is 3.84. The van der Waals surface area contributed by atoms with Crippen LogP contribution in [0.25, 0.3) is 11.1 Å². The molecular formula is C13H13N4O3+. The summed E-state index contributed by atoms with van der Waals surface area (Å²) in [5.41, 5.74) is 1.89. The summed E-state index contributed by atoms with van der Waals surface area (Å²) < 4.78 is 1.43. The standard InChI is InChI=1S/C13H12N4O3/c18-12(15-8-13(19)20)9-17-6-3-11(7-16-17)10-1-4-14-5-2-10/h1-7H,8-9H2,(H-,15,18,19,20)/p+1. The average molecular weight is 273 g/mol. The number of pyridine rings is 1. The molecule has 0 spiro atoms. The first-order valence-electron chi connectivity index (χ1n) is 5.90. The number of nitrogens with one attached hydrogen (secondary N) is 1. The van der Waals surface area contributed by atoms with Crippen LogP contribution in [0.3, 0.4) is 0 Å². The van der Waals surface area contributed by atoms with Crippen molar-refractivity contribution >= 4 is 11.9 Å². The molecule has 0 aromatic carbocycles. The smallest absolute Gasteiger partial charge is 0.322 e. The number of hydrogen-bond donors (Lipinski definition) is 2. The molecule has 0 aliphatic rings. The predicted molar refractivity (Wildman–Crippen MR) is 68.3 cm³/mol. The number of carbonyl (C=O) groups excluding carboxylic acids is 1. The Morgan fingerprint density at radius 3 is 2.55 bits per heavy atom. The molecule has 0 aliphatic heterocycles. The molecule has 7 nitrogen and oxygen atoms in total. The summed E-state index contributed by atoms with van der Waals surface area (Å²) in [5.74, 6) is -1.48. The highest BCUT2D eigenvalue weighted by atomic mass is 16.4. The van der Waals surface area contributed by atoms with Crippen molar-refractivity contribution in [2.45, 2.75) is 6.54 Å². The summed E-state index contributed by atoms with van der Waals surface area (Å²) in [6, 6.07) is 5.55. The first-order chi connectivity index (χ1) is 9.65. The van der Waals surface area contributed by atoms with Crippen LogP contribution < -0.4 is 10.00 Å². The quantitative estimate of drug-likeness (QED) is 0.725. The number of carboxylic acid groups (broad SMARTS) is 1. The van der Waals surface area contributed by atoms with Gasteiger partial charge in [0.05, 0.1) is 0 Å². The van der Waals surface area contributed by atoms with E-state index in [1.807, 2.05) is 18.2 Å².